The fourth-order valence-electron chi connectivity index (χ4n) is 4.14. The second-order valence-electron chi connectivity index (χ2n) is 7.83. The highest BCUT2D eigenvalue weighted by atomic mass is 32.2. The average molecular weight is 450 g/mol. The van der Waals surface area contributed by atoms with Crippen LogP contribution in [0.1, 0.15) is 37.7 Å². The smallest absolute Gasteiger partial charge is 0.326 e. The first kappa shape index (κ1) is 23.1. The Kier molecular flexibility index (Phi) is 7.91. The predicted molar refractivity (Wildman–Crippen MR) is 113 cm³/mol. The van der Waals surface area contributed by atoms with E-state index in [9.17, 15) is 24.3 Å². The van der Waals surface area contributed by atoms with Gasteiger partial charge in [-0.05, 0) is 43.4 Å². The van der Waals surface area contributed by atoms with Crippen LogP contribution >= 0.6 is 11.8 Å². The Morgan fingerprint density at radius 2 is 1.90 bits per heavy atom. The summed E-state index contributed by atoms with van der Waals surface area (Å²) < 4.78 is 0. The summed E-state index contributed by atoms with van der Waals surface area (Å²) in [5.41, 5.74) is 2.40. The predicted octanol–water partition coefficient (Wildman–Crippen LogP) is 1.15. The number of hydrogen-bond donors (Lipinski definition) is 4. The summed E-state index contributed by atoms with van der Waals surface area (Å²) in [5, 5.41) is 21.0. The molecule has 2 saturated heterocycles. The molecule has 2 aliphatic rings. The average Bonchev–Trinajstić information content (AvgIpc) is 2.92. The molecule has 2 unspecified atom stereocenters. The molecule has 0 spiro atoms. The summed E-state index contributed by atoms with van der Waals surface area (Å²) >= 11 is 1.54. The lowest BCUT2D eigenvalue weighted by atomic mass is 9.94. The Balaban J connectivity index is 1.75. The molecule has 9 nitrogen and oxygen atoms in total. The minimum atomic E-state index is -1.04. The van der Waals surface area contributed by atoms with Crippen LogP contribution in [0.15, 0.2) is 30.3 Å². The largest absolute Gasteiger partial charge is 0.480 e. The number of benzene rings is 1. The number of piperidine rings is 1. The number of carbonyl (C=O) groups is 4. The number of amides is 3. The first-order valence-electron chi connectivity index (χ1n) is 10.3. The van der Waals surface area contributed by atoms with Crippen LogP contribution in [-0.4, -0.2) is 62.1 Å². The second kappa shape index (κ2) is 10.6. The van der Waals surface area contributed by atoms with Crippen molar-refractivity contribution in [2.75, 3.05) is 5.75 Å². The molecule has 3 amide bonds. The number of nitrogens with one attached hydrogen (secondary N) is 2. The fourth-order valence-corrected chi connectivity index (χ4v) is 5.53. The van der Waals surface area contributed by atoms with E-state index in [0.717, 1.165) is 18.4 Å². The number of aliphatic carboxylic acids is 1. The standard InChI is InChI=1S/C21H27N3O6S/c25-17(23-30)12-14(11-13-5-2-1-3-6-13)19(26)22-15-9-10-31-18-8-4-7-16(21(28)29)24(18)20(15)27/h1-3,5-6,14-16,18,30H,4,7-12H2,(H,22,26)(H,23,25)(H,28,29)/t14?,15-,16-,18?/m0/s1. The van der Waals surface area contributed by atoms with Gasteiger partial charge in [-0.25, -0.2) is 10.3 Å². The number of carboxylic acid groups (broad SMARTS) is 1. The molecule has 10 heteroatoms. The maximum absolute atomic E-state index is 13.2. The SMILES string of the molecule is O=C(CC(Cc1ccccc1)C(=O)N[C@H]1CCSC2CCC[C@@H](C(=O)O)N2C1=O)NO. The molecule has 1 aromatic carbocycles. The molecular weight excluding hydrogens is 422 g/mol. The van der Waals surface area contributed by atoms with Gasteiger partial charge in [-0.2, -0.15) is 0 Å². The Labute approximate surface area is 184 Å². The molecule has 31 heavy (non-hydrogen) atoms. The molecule has 2 fully saturated rings. The van der Waals surface area contributed by atoms with E-state index in [-0.39, 0.29) is 24.1 Å². The molecule has 3 rings (SSSR count). The van der Waals surface area contributed by atoms with E-state index >= 15 is 0 Å². The molecule has 0 radical (unpaired) electrons. The van der Waals surface area contributed by atoms with Gasteiger partial charge in [0.2, 0.25) is 17.7 Å². The third kappa shape index (κ3) is 5.76. The second-order valence-corrected chi connectivity index (χ2v) is 9.12. The summed E-state index contributed by atoms with van der Waals surface area (Å²) in [7, 11) is 0. The molecular formula is C21H27N3O6S. The minimum absolute atomic E-state index is 0.204. The summed E-state index contributed by atoms with van der Waals surface area (Å²) in [5.74, 6) is -2.76. The number of hydrogen-bond acceptors (Lipinski definition) is 6. The van der Waals surface area contributed by atoms with Crippen molar-refractivity contribution in [3.63, 3.8) is 0 Å². The van der Waals surface area contributed by atoms with Gasteiger partial charge in [0.1, 0.15) is 12.1 Å². The summed E-state index contributed by atoms with van der Waals surface area (Å²) in [4.78, 5) is 51.1. The van der Waals surface area contributed by atoms with E-state index in [4.69, 9.17) is 5.21 Å². The number of hydroxylamine groups is 1. The fraction of sp³-hybridized carbons (Fsp3) is 0.524. The summed E-state index contributed by atoms with van der Waals surface area (Å²) in [6.07, 6.45) is 2.28. The number of thioether (sulfide) groups is 1. The van der Waals surface area contributed by atoms with Gasteiger partial charge in [0.25, 0.3) is 0 Å². The van der Waals surface area contributed by atoms with Gasteiger partial charge >= 0.3 is 5.97 Å². The zero-order chi connectivity index (χ0) is 22.4. The Hall–Kier alpha value is -2.59. The van der Waals surface area contributed by atoms with Crippen LogP contribution in [0.5, 0.6) is 0 Å². The van der Waals surface area contributed by atoms with Gasteiger partial charge in [0.15, 0.2) is 0 Å². The van der Waals surface area contributed by atoms with E-state index in [1.54, 1.807) is 17.2 Å². The highest BCUT2D eigenvalue weighted by Crippen LogP contribution is 2.34. The van der Waals surface area contributed by atoms with Crippen LogP contribution in [0.2, 0.25) is 0 Å². The van der Waals surface area contributed by atoms with E-state index < -0.39 is 35.8 Å². The zero-order valence-corrected chi connectivity index (χ0v) is 17.8. The molecule has 168 valence electrons. The number of fused-ring (bicyclic) bond motifs is 1. The molecule has 4 N–H and O–H groups in total. The molecule has 0 aromatic heterocycles. The van der Waals surface area contributed by atoms with Crippen LogP contribution in [0.4, 0.5) is 0 Å². The van der Waals surface area contributed by atoms with Crippen LogP contribution in [0.3, 0.4) is 0 Å². The molecule has 1 aromatic rings. The third-order valence-corrected chi connectivity index (χ3v) is 7.02. The topological polar surface area (TPSA) is 136 Å². The number of carbonyl (C=O) groups excluding carboxylic acids is 3. The van der Waals surface area contributed by atoms with Crippen LogP contribution in [-0.2, 0) is 25.6 Å². The van der Waals surface area contributed by atoms with E-state index in [1.165, 1.54) is 4.90 Å². The lowest BCUT2D eigenvalue weighted by Gasteiger charge is -2.39. The van der Waals surface area contributed by atoms with Gasteiger partial charge in [0, 0.05) is 6.42 Å². The van der Waals surface area contributed by atoms with Gasteiger partial charge in [0.05, 0.1) is 11.3 Å². The zero-order valence-electron chi connectivity index (χ0n) is 17.0. The van der Waals surface area contributed by atoms with Crippen molar-refractivity contribution in [2.45, 2.75) is 56.0 Å². The molecule has 0 bridgehead atoms. The number of rotatable bonds is 7. The summed E-state index contributed by atoms with van der Waals surface area (Å²) in [6.45, 7) is 0. The van der Waals surface area contributed by atoms with Crippen molar-refractivity contribution in [3.8, 4) is 0 Å². The van der Waals surface area contributed by atoms with Crippen molar-refractivity contribution in [2.24, 2.45) is 5.92 Å². The van der Waals surface area contributed by atoms with Crippen LogP contribution in [0, 0.1) is 5.92 Å². The minimum Gasteiger partial charge on any atom is -0.480 e. The van der Waals surface area contributed by atoms with Crippen LogP contribution in [0.25, 0.3) is 0 Å². The van der Waals surface area contributed by atoms with Crippen molar-refractivity contribution in [1.82, 2.24) is 15.7 Å². The molecule has 0 saturated carbocycles. The molecule has 2 heterocycles. The van der Waals surface area contributed by atoms with Crippen molar-refractivity contribution >= 4 is 35.5 Å². The summed E-state index contributed by atoms with van der Waals surface area (Å²) in [6, 6.07) is 7.42. The monoisotopic (exact) mass is 449 g/mol. The first-order chi connectivity index (χ1) is 14.9. The Morgan fingerprint density at radius 3 is 2.58 bits per heavy atom. The molecule has 4 atom stereocenters. The lowest BCUT2D eigenvalue weighted by molar-refractivity contribution is -0.154. The van der Waals surface area contributed by atoms with Crippen molar-refractivity contribution in [1.29, 1.82) is 0 Å². The maximum atomic E-state index is 13.2. The normalized spacial score (nSPS) is 24.5. The highest BCUT2D eigenvalue weighted by Gasteiger charge is 2.43. The van der Waals surface area contributed by atoms with Crippen molar-refractivity contribution < 1.29 is 29.5 Å². The van der Waals surface area contributed by atoms with Crippen LogP contribution < -0.4 is 10.8 Å². The highest BCUT2D eigenvalue weighted by molar-refractivity contribution is 7.99. The third-order valence-electron chi connectivity index (χ3n) is 5.70. The quantitative estimate of drug-likeness (QED) is 0.362. The number of nitrogens with zero attached hydrogens (tertiary/aromatic N) is 1. The molecule has 2 aliphatic heterocycles. The van der Waals surface area contributed by atoms with Gasteiger partial charge in [-0.3, -0.25) is 19.6 Å². The van der Waals surface area contributed by atoms with E-state index in [1.807, 2.05) is 30.3 Å². The van der Waals surface area contributed by atoms with Gasteiger partial charge in [-0.1, -0.05) is 30.3 Å². The van der Waals surface area contributed by atoms with E-state index in [2.05, 4.69) is 5.32 Å². The lowest BCUT2D eigenvalue weighted by Crippen LogP contribution is -2.57. The molecule has 0 aliphatic carbocycles. The van der Waals surface area contributed by atoms with E-state index in [0.29, 0.717) is 18.6 Å². The first-order valence-corrected chi connectivity index (χ1v) is 11.4. The van der Waals surface area contributed by atoms with Gasteiger partial charge in [-0.15, -0.1) is 11.8 Å². The van der Waals surface area contributed by atoms with Crippen molar-refractivity contribution in [3.05, 3.63) is 35.9 Å². The maximum Gasteiger partial charge on any atom is 0.326 e. The van der Waals surface area contributed by atoms with Gasteiger partial charge < -0.3 is 15.3 Å². The Bertz CT molecular complexity index is 821. The Morgan fingerprint density at radius 1 is 1.16 bits per heavy atom. The number of carboxylic acids is 1.